The Labute approximate surface area is 117 Å². The van der Waals surface area contributed by atoms with Crippen LogP contribution in [0.4, 0.5) is 0 Å². The number of hydrogen-bond acceptors (Lipinski definition) is 3. The van der Waals surface area contributed by atoms with Gasteiger partial charge in [-0.1, -0.05) is 20.8 Å². The molecular formula is C15H30N2O2. The van der Waals surface area contributed by atoms with Crippen LogP contribution in [0, 0.1) is 5.92 Å². The molecule has 0 aromatic heterocycles. The number of rotatable bonds is 6. The summed E-state index contributed by atoms with van der Waals surface area (Å²) in [6.07, 6.45) is 3.86. The Balaban J connectivity index is 2.60. The second kappa shape index (κ2) is 7.25. The van der Waals surface area contributed by atoms with E-state index in [0.717, 1.165) is 32.3 Å². The van der Waals surface area contributed by atoms with Crippen LogP contribution >= 0.6 is 0 Å². The van der Waals surface area contributed by atoms with E-state index >= 15 is 0 Å². The molecule has 1 aliphatic heterocycles. The van der Waals surface area contributed by atoms with Gasteiger partial charge in [-0.2, -0.15) is 0 Å². The Kier molecular flexibility index (Phi) is 6.27. The first-order valence-corrected chi connectivity index (χ1v) is 7.51. The summed E-state index contributed by atoms with van der Waals surface area (Å²) < 4.78 is 5.85. The minimum Gasteiger partial charge on any atom is -0.375 e. The average Bonchev–Trinajstić information content (AvgIpc) is 2.36. The van der Waals surface area contributed by atoms with Gasteiger partial charge in [0, 0.05) is 19.7 Å². The summed E-state index contributed by atoms with van der Waals surface area (Å²) in [4.78, 5) is 11.9. The number of carbonyl (C=O) groups is 1. The van der Waals surface area contributed by atoms with Crippen LogP contribution in [0.25, 0.3) is 0 Å². The van der Waals surface area contributed by atoms with Crippen LogP contribution in [-0.4, -0.2) is 37.2 Å². The fourth-order valence-electron chi connectivity index (χ4n) is 2.70. The second-order valence-corrected chi connectivity index (χ2v) is 6.30. The van der Waals surface area contributed by atoms with E-state index in [0.29, 0.717) is 12.0 Å². The molecule has 0 radical (unpaired) electrons. The monoisotopic (exact) mass is 270 g/mol. The van der Waals surface area contributed by atoms with E-state index in [1.54, 1.807) is 7.05 Å². The second-order valence-electron chi connectivity index (χ2n) is 6.30. The Morgan fingerprint density at radius 2 is 2.16 bits per heavy atom. The van der Waals surface area contributed by atoms with E-state index in [-0.39, 0.29) is 17.6 Å². The zero-order valence-electron chi connectivity index (χ0n) is 13.1. The van der Waals surface area contributed by atoms with Crippen LogP contribution in [0.3, 0.4) is 0 Å². The first-order valence-electron chi connectivity index (χ1n) is 7.51. The van der Waals surface area contributed by atoms with Crippen molar-refractivity contribution in [3.8, 4) is 0 Å². The molecule has 0 aromatic rings. The fourth-order valence-corrected chi connectivity index (χ4v) is 2.70. The van der Waals surface area contributed by atoms with E-state index in [1.165, 1.54) is 0 Å². The van der Waals surface area contributed by atoms with Gasteiger partial charge in [-0.05, 0) is 38.5 Å². The van der Waals surface area contributed by atoms with Gasteiger partial charge in [0.15, 0.2) is 0 Å². The molecular weight excluding hydrogens is 240 g/mol. The molecule has 112 valence electrons. The lowest BCUT2D eigenvalue weighted by Gasteiger charge is -2.39. The average molecular weight is 270 g/mol. The molecule has 0 saturated carbocycles. The zero-order valence-corrected chi connectivity index (χ0v) is 13.1. The third-order valence-corrected chi connectivity index (χ3v) is 4.05. The standard InChI is InChI=1S/C15H30N2O2/c1-6-15(4)10-12(7-8-19-15)17-13(9-11(2)3)14(18)16-5/h11-13,17H,6-10H2,1-5H3,(H,16,18). The number of likely N-dealkylation sites (N-methyl/N-ethyl adjacent to an activating group) is 1. The van der Waals surface area contributed by atoms with Gasteiger partial charge in [-0.25, -0.2) is 0 Å². The minimum atomic E-state index is -0.0887. The van der Waals surface area contributed by atoms with Crippen molar-refractivity contribution in [1.82, 2.24) is 10.6 Å². The normalized spacial score (nSPS) is 29.3. The van der Waals surface area contributed by atoms with Crippen molar-refractivity contribution in [3.63, 3.8) is 0 Å². The molecule has 2 N–H and O–H groups in total. The molecule has 3 unspecified atom stereocenters. The summed E-state index contributed by atoms with van der Waals surface area (Å²) in [6.45, 7) is 9.41. The summed E-state index contributed by atoms with van der Waals surface area (Å²) in [7, 11) is 1.71. The fraction of sp³-hybridized carbons (Fsp3) is 0.933. The topological polar surface area (TPSA) is 50.4 Å². The van der Waals surface area contributed by atoms with Gasteiger partial charge in [0.2, 0.25) is 5.91 Å². The van der Waals surface area contributed by atoms with Gasteiger partial charge in [0.1, 0.15) is 0 Å². The van der Waals surface area contributed by atoms with Crippen molar-refractivity contribution in [1.29, 1.82) is 0 Å². The molecule has 0 aromatic carbocycles. The highest BCUT2D eigenvalue weighted by Gasteiger charge is 2.33. The molecule has 1 saturated heterocycles. The number of carbonyl (C=O) groups excluding carboxylic acids is 1. The maximum atomic E-state index is 11.9. The predicted octanol–water partition coefficient (Wildman–Crippen LogP) is 2.08. The van der Waals surface area contributed by atoms with Gasteiger partial charge in [-0.15, -0.1) is 0 Å². The van der Waals surface area contributed by atoms with Crippen LogP contribution in [0.15, 0.2) is 0 Å². The summed E-state index contributed by atoms with van der Waals surface area (Å²) in [5.41, 5.74) is -0.0407. The maximum absolute atomic E-state index is 11.9. The highest BCUT2D eigenvalue weighted by Crippen LogP contribution is 2.28. The molecule has 1 aliphatic rings. The largest absolute Gasteiger partial charge is 0.375 e. The van der Waals surface area contributed by atoms with Crippen molar-refractivity contribution in [2.24, 2.45) is 5.92 Å². The lowest BCUT2D eigenvalue weighted by atomic mass is 9.89. The molecule has 0 aliphatic carbocycles. The Bertz CT molecular complexity index is 294. The van der Waals surface area contributed by atoms with E-state index in [9.17, 15) is 4.79 Å². The molecule has 1 fully saturated rings. The molecule has 3 atom stereocenters. The number of amides is 1. The van der Waals surface area contributed by atoms with Crippen LogP contribution in [0.1, 0.15) is 53.4 Å². The first kappa shape index (κ1) is 16.4. The summed E-state index contributed by atoms with van der Waals surface area (Å²) in [5.74, 6) is 0.602. The van der Waals surface area contributed by atoms with Gasteiger partial charge >= 0.3 is 0 Å². The highest BCUT2D eigenvalue weighted by molar-refractivity contribution is 5.81. The van der Waals surface area contributed by atoms with Crippen molar-refractivity contribution in [3.05, 3.63) is 0 Å². The minimum absolute atomic E-state index is 0.0407. The van der Waals surface area contributed by atoms with Crippen LogP contribution in [0.5, 0.6) is 0 Å². The third-order valence-electron chi connectivity index (χ3n) is 4.05. The molecule has 4 heteroatoms. The third kappa shape index (κ3) is 5.11. The van der Waals surface area contributed by atoms with Gasteiger partial charge in [0.05, 0.1) is 11.6 Å². The Hall–Kier alpha value is -0.610. The number of hydrogen-bond donors (Lipinski definition) is 2. The van der Waals surface area contributed by atoms with Crippen LogP contribution in [0.2, 0.25) is 0 Å². The Morgan fingerprint density at radius 3 is 2.68 bits per heavy atom. The summed E-state index contributed by atoms with van der Waals surface area (Å²) in [5, 5.41) is 6.30. The summed E-state index contributed by atoms with van der Waals surface area (Å²) >= 11 is 0. The Morgan fingerprint density at radius 1 is 1.47 bits per heavy atom. The predicted molar refractivity (Wildman–Crippen MR) is 78.1 cm³/mol. The molecule has 0 spiro atoms. The van der Waals surface area contributed by atoms with Crippen LogP contribution in [-0.2, 0) is 9.53 Å². The molecule has 0 bridgehead atoms. The first-order chi connectivity index (χ1) is 8.90. The van der Waals surface area contributed by atoms with Crippen molar-refractivity contribution >= 4 is 5.91 Å². The van der Waals surface area contributed by atoms with Crippen molar-refractivity contribution in [2.75, 3.05) is 13.7 Å². The SMILES string of the molecule is CCC1(C)CC(NC(CC(C)C)C(=O)NC)CCO1. The van der Waals surface area contributed by atoms with Crippen molar-refractivity contribution in [2.45, 2.75) is 71.1 Å². The van der Waals surface area contributed by atoms with Gasteiger partial charge in [0.25, 0.3) is 0 Å². The smallest absolute Gasteiger partial charge is 0.236 e. The van der Waals surface area contributed by atoms with E-state index < -0.39 is 0 Å². The quantitative estimate of drug-likeness (QED) is 0.777. The lowest BCUT2D eigenvalue weighted by molar-refractivity contribution is -0.124. The van der Waals surface area contributed by atoms with Gasteiger partial charge in [-0.3, -0.25) is 4.79 Å². The lowest BCUT2D eigenvalue weighted by Crippen LogP contribution is -2.52. The van der Waals surface area contributed by atoms with E-state index in [1.807, 2.05) is 0 Å². The van der Waals surface area contributed by atoms with Gasteiger partial charge < -0.3 is 15.4 Å². The molecule has 1 heterocycles. The molecule has 1 rings (SSSR count). The van der Waals surface area contributed by atoms with E-state index in [4.69, 9.17) is 4.74 Å². The van der Waals surface area contributed by atoms with Crippen molar-refractivity contribution < 1.29 is 9.53 Å². The number of nitrogens with one attached hydrogen (secondary N) is 2. The maximum Gasteiger partial charge on any atom is 0.236 e. The summed E-state index contributed by atoms with van der Waals surface area (Å²) in [6, 6.07) is 0.286. The number of ether oxygens (including phenoxy) is 1. The van der Waals surface area contributed by atoms with Crippen LogP contribution < -0.4 is 10.6 Å². The zero-order chi connectivity index (χ0) is 14.5. The highest BCUT2D eigenvalue weighted by atomic mass is 16.5. The molecule has 1 amide bonds. The van der Waals surface area contributed by atoms with E-state index in [2.05, 4.69) is 38.3 Å². The molecule has 19 heavy (non-hydrogen) atoms. The molecule has 4 nitrogen and oxygen atoms in total.